The molecule has 0 fully saturated rings. The highest BCUT2D eigenvalue weighted by Crippen LogP contribution is 2.25. The first-order valence-electron chi connectivity index (χ1n) is 6.24. The summed E-state index contributed by atoms with van der Waals surface area (Å²) in [5.74, 6) is -0.0849. The molecular weight excluding hydrogens is 270 g/mol. The standard InChI is InChI=1S/C15H13N3O3/c1-2-20-15(19)13-7-11(17)9-18-14(13)21-12-5-3-4-10(6-12)8-16/h3-7,9H,2,17H2,1H3. The molecule has 0 saturated heterocycles. The van der Waals surface area contributed by atoms with Crippen molar-refractivity contribution in [2.45, 2.75) is 6.92 Å². The van der Waals surface area contributed by atoms with Gasteiger partial charge in [-0.2, -0.15) is 5.26 Å². The van der Waals surface area contributed by atoms with E-state index in [1.54, 1.807) is 31.2 Å². The molecule has 0 bridgehead atoms. The molecular formula is C15H13N3O3. The normalized spacial score (nSPS) is 9.71. The largest absolute Gasteiger partial charge is 0.462 e. The Morgan fingerprint density at radius 3 is 2.95 bits per heavy atom. The number of carbonyl (C=O) groups is 1. The highest BCUT2D eigenvalue weighted by atomic mass is 16.5. The highest BCUT2D eigenvalue weighted by Gasteiger charge is 2.16. The van der Waals surface area contributed by atoms with Gasteiger partial charge in [0.25, 0.3) is 0 Å². The summed E-state index contributed by atoms with van der Waals surface area (Å²) in [5, 5.41) is 8.87. The zero-order valence-corrected chi connectivity index (χ0v) is 11.4. The zero-order chi connectivity index (χ0) is 15.2. The fourth-order valence-electron chi connectivity index (χ4n) is 1.65. The monoisotopic (exact) mass is 283 g/mol. The van der Waals surface area contributed by atoms with E-state index in [1.165, 1.54) is 12.3 Å². The van der Waals surface area contributed by atoms with Crippen molar-refractivity contribution >= 4 is 11.7 Å². The Labute approximate surface area is 121 Å². The number of nitrogens with zero attached hydrogens (tertiary/aromatic N) is 2. The van der Waals surface area contributed by atoms with Crippen molar-refractivity contribution in [2.75, 3.05) is 12.3 Å². The maximum Gasteiger partial charge on any atom is 0.343 e. The number of hydrogen-bond acceptors (Lipinski definition) is 6. The van der Waals surface area contributed by atoms with Gasteiger partial charge < -0.3 is 15.2 Å². The van der Waals surface area contributed by atoms with Crippen LogP contribution in [0.25, 0.3) is 0 Å². The summed E-state index contributed by atoms with van der Waals surface area (Å²) in [5.41, 5.74) is 6.54. The average Bonchev–Trinajstić information content (AvgIpc) is 2.49. The van der Waals surface area contributed by atoms with Crippen molar-refractivity contribution in [1.82, 2.24) is 4.98 Å². The number of rotatable bonds is 4. The number of benzene rings is 1. The number of nitrogen functional groups attached to an aromatic ring is 1. The molecule has 0 aliphatic heterocycles. The molecule has 1 heterocycles. The van der Waals surface area contributed by atoms with Gasteiger partial charge in [0, 0.05) is 0 Å². The maximum absolute atomic E-state index is 11.9. The number of nitrogens with two attached hydrogens (primary N) is 1. The van der Waals surface area contributed by atoms with Gasteiger partial charge in [0.1, 0.15) is 11.3 Å². The summed E-state index contributed by atoms with van der Waals surface area (Å²) in [6.45, 7) is 1.94. The molecule has 21 heavy (non-hydrogen) atoms. The van der Waals surface area contributed by atoms with Gasteiger partial charge in [-0.1, -0.05) is 6.07 Å². The molecule has 0 unspecified atom stereocenters. The van der Waals surface area contributed by atoms with Crippen molar-refractivity contribution < 1.29 is 14.3 Å². The van der Waals surface area contributed by atoms with Gasteiger partial charge in [-0.05, 0) is 31.2 Å². The number of aromatic nitrogens is 1. The van der Waals surface area contributed by atoms with E-state index in [-0.39, 0.29) is 18.1 Å². The van der Waals surface area contributed by atoms with E-state index >= 15 is 0 Å². The molecule has 0 atom stereocenters. The fraction of sp³-hybridized carbons (Fsp3) is 0.133. The third-order valence-corrected chi connectivity index (χ3v) is 2.55. The quantitative estimate of drug-likeness (QED) is 0.865. The molecule has 106 valence electrons. The summed E-state index contributed by atoms with van der Waals surface area (Å²) in [7, 11) is 0. The zero-order valence-electron chi connectivity index (χ0n) is 11.4. The summed E-state index contributed by atoms with van der Waals surface area (Å²) < 4.78 is 10.5. The smallest absolute Gasteiger partial charge is 0.343 e. The molecule has 1 aromatic carbocycles. The Morgan fingerprint density at radius 2 is 2.24 bits per heavy atom. The van der Waals surface area contributed by atoms with Gasteiger partial charge in [-0.15, -0.1) is 0 Å². The molecule has 0 aliphatic rings. The first-order valence-corrected chi connectivity index (χ1v) is 6.24. The molecule has 2 N–H and O–H groups in total. The number of anilines is 1. The minimum Gasteiger partial charge on any atom is -0.462 e. The lowest BCUT2D eigenvalue weighted by Crippen LogP contribution is -2.08. The number of esters is 1. The predicted octanol–water partition coefficient (Wildman–Crippen LogP) is 2.50. The van der Waals surface area contributed by atoms with Gasteiger partial charge in [-0.3, -0.25) is 0 Å². The van der Waals surface area contributed by atoms with Crippen LogP contribution in [0.1, 0.15) is 22.8 Å². The van der Waals surface area contributed by atoms with E-state index in [2.05, 4.69) is 4.98 Å². The number of carbonyl (C=O) groups excluding carboxylic acids is 1. The van der Waals surface area contributed by atoms with Crippen LogP contribution >= 0.6 is 0 Å². The summed E-state index contributed by atoms with van der Waals surface area (Å²) in [6, 6.07) is 9.98. The van der Waals surface area contributed by atoms with Crippen molar-refractivity contribution in [1.29, 1.82) is 5.26 Å². The Kier molecular flexibility index (Phi) is 4.36. The van der Waals surface area contributed by atoms with Crippen LogP contribution in [0.2, 0.25) is 0 Å². The van der Waals surface area contributed by atoms with E-state index < -0.39 is 5.97 Å². The third kappa shape index (κ3) is 3.48. The first-order chi connectivity index (χ1) is 10.1. The van der Waals surface area contributed by atoms with Gasteiger partial charge in [0.15, 0.2) is 0 Å². The summed E-state index contributed by atoms with van der Waals surface area (Å²) in [6.07, 6.45) is 1.38. The van der Waals surface area contributed by atoms with Crippen LogP contribution in [-0.4, -0.2) is 17.6 Å². The minimum atomic E-state index is -0.566. The van der Waals surface area contributed by atoms with Crippen molar-refractivity contribution in [2.24, 2.45) is 0 Å². The topological polar surface area (TPSA) is 98.2 Å². The fourth-order valence-corrected chi connectivity index (χ4v) is 1.65. The van der Waals surface area contributed by atoms with Crippen molar-refractivity contribution in [3.8, 4) is 17.7 Å². The van der Waals surface area contributed by atoms with Gasteiger partial charge >= 0.3 is 5.97 Å². The van der Waals surface area contributed by atoms with E-state index in [4.69, 9.17) is 20.5 Å². The third-order valence-electron chi connectivity index (χ3n) is 2.55. The summed E-state index contributed by atoms with van der Waals surface area (Å²) >= 11 is 0. The number of nitriles is 1. The minimum absolute atomic E-state index is 0.0812. The Hall–Kier alpha value is -3.07. The van der Waals surface area contributed by atoms with Crippen LogP contribution in [-0.2, 0) is 4.74 Å². The Morgan fingerprint density at radius 1 is 1.43 bits per heavy atom. The first kappa shape index (κ1) is 14.3. The average molecular weight is 283 g/mol. The van der Waals surface area contributed by atoms with Gasteiger partial charge in [-0.25, -0.2) is 9.78 Å². The van der Waals surface area contributed by atoms with E-state index in [0.29, 0.717) is 17.0 Å². The molecule has 0 aliphatic carbocycles. The van der Waals surface area contributed by atoms with Gasteiger partial charge in [0.2, 0.25) is 5.88 Å². The number of pyridine rings is 1. The molecule has 0 radical (unpaired) electrons. The lowest BCUT2D eigenvalue weighted by molar-refractivity contribution is 0.0523. The van der Waals surface area contributed by atoms with E-state index in [0.717, 1.165) is 0 Å². The highest BCUT2D eigenvalue weighted by molar-refractivity contribution is 5.92. The van der Waals surface area contributed by atoms with Crippen LogP contribution in [0.4, 0.5) is 5.69 Å². The predicted molar refractivity (Wildman–Crippen MR) is 75.8 cm³/mol. The van der Waals surface area contributed by atoms with Crippen molar-refractivity contribution in [3.05, 3.63) is 47.7 Å². The Balaban J connectivity index is 2.35. The SMILES string of the molecule is CCOC(=O)c1cc(N)cnc1Oc1cccc(C#N)c1. The second kappa shape index (κ2) is 6.39. The van der Waals surface area contributed by atoms with Crippen LogP contribution in [0.3, 0.4) is 0 Å². The molecule has 2 aromatic rings. The Bertz CT molecular complexity index is 708. The summed E-state index contributed by atoms with van der Waals surface area (Å²) in [4.78, 5) is 15.9. The molecule has 6 nitrogen and oxygen atoms in total. The molecule has 6 heteroatoms. The second-order valence-corrected chi connectivity index (χ2v) is 4.08. The van der Waals surface area contributed by atoms with E-state index in [1.807, 2.05) is 6.07 Å². The van der Waals surface area contributed by atoms with Crippen LogP contribution in [0, 0.1) is 11.3 Å². The van der Waals surface area contributed by atoms with Gasteiger partial charge in [0.05, 0.1) is 30.1 Å². The molecule has 2 rings (SSSR count). The lowest BCUT2D eigenvalue weighted by Gasteiger charge is -2.10. The maximum atomic E-state index is 11.9. The number of hydrogen-bond donors (Lipinski definition) is 1. The molecule has 1 aromatic heterocycles. The number of ether oxygens (including phenoxy) is 2. The molecule has 0 saturated carbocycles. The molecule has 0 spiro atoms. The second-order valence-electron chi connectivity index (χ2n) is 4.08. The van der Waals surface area contributed by atoms with Crippen LogP contribution < -0.4 is 10.5 Å². The van der Waals surface area contributed by atoms with E-state index in [9.17, 15) is 4.79 Å². The lowest BCUT2D eigenvalue weighted by atomic mass is 10.2. The molecule has 0 amide bonds. The van der Waals surface area contributed by atoms with Crippen LogP contribution in [0.15, 0.2) is 36.5 Å². The van der Waals surface area contributed by atoms with Crippen LogP contribution in [0.5, 0.6) is 11.6 Å². The van der Waals surface area contributed by atoms with Crippen molar-refractivity contribution in [3.63, 3.8) is 0 Å².